The summed E-state index contributed by atoms with van der Waals surface area (Å²) in [5.41, 5.74) is 5.81. The van der Waals surface area contributed by atoms with Crippen molar-refractivity contribution in [3.05, 3.63) is 0 Å². The average molecular weight is 212 g/mol. The molecule has 1 amide bonds. The number of nitrogens with two attached hydrogens (primary N) is 1. The van der Waals surface area contributed by atoms with Crippen molar-refractivity contribution in [1.29, 1.82) is 0 Å². The van der Waals surface area contributed by atoms with Gasteiger partial charge in [0.1, 0.15) is 0 Å². The lowest BCUT2D eigenvalue weighted by Crippen LogP contribution is -2.51. The van der Waals surface area contributed by atoms with Crippen LogP contribution in [0.1, 0.15) is 38.5 Å². The number of likely N-dealkylation sites (tertiary alicyclic amines) is 1. The van der Waals surface area contributed by atoms with Gasteiger partial charge in [-0.1, -0.05) is 0 Å². The molecule has 3 N–H and O–H groups in total. The zero-order valence-corrected chi connectivity index (χ0v) is 9.11. The third-order valence-electron chi connectivity index (χ3n) is 3.76. The summed E-state index contributed by atoms with van der Waals surface area (Å²) in [5.74, 6) is 0.133. The van der Waals surface area contributed by atoms with Crippen LogP contribution in [0.5, 0.6) is 0 Å². The van der Waals surface area contributed by atoms with E-state index in [1.807, 2.05) is 4.90 Å². The first kappa shape index (κ1) is 10.9. The molecule has 1 heterocycles. The van der Waals surface area contributed by atoms with E-state index >= 15 is 0 Å². The van der Waals surface area contributed by atoms with Gasteiger partial charge in [0.2, 0.25) is 5.91 Å². The van der Waals surface area contributed by atoms with Gasteiger partial charge >= 0.3 is 0 Å². The molecule has 0 aromatic heterocycles. The summed E-state index contributed by atoms with van der Waals surface area (Å²) in [7, 11) is 0. The summed E-state index contributed by atoms with van der Waals surface area (Å²) in [5, 5.41) is 9.13. The molecule has 0 radical (unpaired) electrons. The first-order chi connectivity index (χ1) is 7.14. The summed E-state index contributed by atoms with van der Waals surface area (Å²) in [6.45, 7) is 0.878. The van der Waals surface area contributed by atoms with Gasteiger partial charge in [-0.15, -0.1) is 0 Å². The lowest BCUT2D eigenvalue weighted by Gasteiger charge is -2.39. The molecule has 1 saturated carbocycles. The molecular formula is C11H20N2O2. The van der Waals surface area contributed by atoms with E-state index in [9.17, 15) is 4.79 Å². The van der Waals surface area contributed by atoms with Gasteiger partial charge in [0.25, 0.3) is 0 Å². The van der Waals surface area contributed by atoms with E-state index in [-0.39, 0.29) is 24.1 Å². The van der Waals surface area contributed by atoms with Crippen LogP contribution in [-0.2, 0) is 4.79 Å². The molecule has 0 spiro atoms. The van der Waals surface area contributed by atoms with Gasteiger partial charge in [-0.25, -0.2) is 0 Å². The number of carbonyl (C=O) groups is 1. The Bertz CT molecular complexity index is 251. The van der Waals surface area contributed by atoms with Gasteiger partial charge in [0.05, 0.1) is 12.6 Å². The highest BCUT2D eigenvalue weighted by Gasteiger charge is 2.38. The maximum Gasteiger partial charge on any atom is 0.224 e. The lowest BCUT2D eigenvalue weighted by molar-refractivity contribution is -0.134. The van der Waals surface area contributed by atoms with Crippen molar-refractivity contribution < 1.29 is 9.90 Å². The third-order valence-corrected chi connectivity index (χ3v) is 3.76. The SMILES string of the molecule is NC1(CC(=O)N2CCC[C@H]2CO)CCC1. The van der Waals surface area contributed by atoms with Crippen molar-refractivity contribution in [1.82, 2.24) is 4.90 Å². The van der Waals surface area contributed by atoms with E-state index in [0.717, 1.165) is 38.6 Å². The predicted octanol–water partition coefficient (Wildman–Crippen LogP) is 0.241. The molecule has 2 fully saturated rings. The number of carbonyl (C=O) groups excluding carboxylic acids is 1. The van der Waals surface area contributed by atoms with E-state index in [1.165, 1.54) is 0 Å². The number of aliphatic hydroxyl groups excluding tert-OH is 1. The van der Waals surface area contributed by atoms with Crippen molar-refractivity contribution in [2.45, 2.75) is 50.1 Å². The van der Waals surface area contributed by atoms with Crippen LogP contribution in [0.25, 0.3) is 0 Å². The minimum absolute atomic E-state index is 0.0428. The number of hydrogen-bond donors (Lipinski definition) is 2. The molecule has 4 heteroatoms. The molecule has 1 saturated heterocycles. The minimum atomic E-state index is -0.236. The Morgan fingerprint density at radius 3 is 2.73 bits per heavy atom. The zero-order valence-electron chi connectivity index (χ0n) is 9.11. The fourth-order valence-electron chi connectivity index (χ4n) is 2.56. The van der Waals surface area contributed by atoms with Gasteiger partial charge in [0.15, 0.2) is 0 Å². The number of aliphatic hydroxyl groups is 1. The van der Waals surface area contributed by atoms with E-state index in [4.69, 9.17) is 10.8 Å². The molecule has 2 aliphatic rings. The Hall–Kier alpha value is -0.610. The van der Waals surface area contributed by atoms with Gasteiger partial charge in [-0.05, 0) is 32.1 Å². The van der Waals surface area contributed by atoms with Gasteiger partial charge in [-0.3, -0.25) is 4.79 Å². The highest BCUT2D eigenvalue weighted by atomic mass is 16.3. The largest absolute Gasteiger partial charge is 0.394 e. The standard InChI is InChI=1S/C11H20N2O2/c12-11(4-2-5-11)7-10(15)13-6-1-3-9(13)8-14/h9,14H,1-8,12H2/t9-/m0/s1. The van der Waals surface area contributed by atoms with Crippen molar-refractivity contribution in [3.63, 3.8) is 0 Å². The lowest BCUT2D eigenvalue weighted by atomic mass is 9.75. The molecule has 4 nitrogen and oxygen atoms in total. The fourth-order valence-corrected chi connectivity index (χ4v) is 2.56. The summed E-state index contributed by atoms with van der Waals surface area (Å²) in [6.07, 6.45) is 5.48. The zero-order chi connectivity index (χ0) is 10.9. The number of rotatable bonds is 3. The van der Waals surface area contributed by atoms with Crippen LogP contribution in [0, 0.1) is 0 Å². The Labute approximate surface area is 90.4 Å². The van der Waals surface area contributed by atoms with Gasteiger partial charge < -0.3 is 15.7 Å². The number of nitrogens with zero attached hydrogens (tertiary/aromatic N) is 1. The van der Waals surface area contributed by atoms with Crippen LogP contribution >= 0.6 is 0 Å². The van der Waals surface area contributed by atoms with Crippen LogP contribution in [0.15, 0.2) is 0 Å². The summed E-state index contributed by atoms with van der Waals surface area (Å²) in [4.78, 5) is 13.8. The predicted molar refractivity (Wildman–Crippen MR) is 57.2 cm³/mol. The molecule has 0 aromatic carbocycles. The Kier molecular flexibility index (Phi) is 2.98. The van der Waals surface area contributed by atoms with E-state index < -0.39 is 0 Å². The second kappa shape index (κ2) is 4.10. The van der Waals surface area contributed by atoms with E-state index in [2.05, 4.69) is 0 Å². The monoisotopic (exact) mass is 212 g/mol. The minimum Gasteiger partial charge on any atom is -0.394 e. The second-order valence-corrected chi connectivity index (χ2v) is 4.96. The summed E-state index contributed by atoms with van der Waals surface area (Å²) in [6, 6.07) is 0.0428. The number of amides is 1. The molecule has 0 bridgehead atoms. The van der Waals surface area contributed by atoms with Crippen molar-refractivity contribution >= 4 is 5.91 Å². The van der Waals surface area contributed by atoms with E-state index in [1.54, 1.807) is 0 Å². The topological polar surface area (TPSA) is 66.6 Å². The second-order valence-electron chi connectivity index (χ2n) is 4.96. The van der Waals surface area contributed by atoms with E-state index in [0.29, 0.717) is 6.42 Å². The highest BCUT2D eigenvalue weighted by Crippen LogP contribution is 2.33. The summed E-state index contributed by atoms with van der Waals surface area (Å²) >= 11 is 0. The Morgan fingerprint density at radius 1 is 1.47 bits per heavy atom. The molecular weight excluding hydrogens is 192 g/mol. The molecule has 0 unspecified atom stereocenters. The molecule has 0 aromatic rings. The van der Waals surface area contributed by atoms with Crippen LogP contribution < -0.4 is 5.73 Å². The maximum absolute atomic E-state index is 12.0. The molecule has 1 aliphatic heterocycles. The normalized spacial score (nSPS) is 28.9. The third kappa shape index (κ3) is 2.16. The van der Waals surface area contributed by atoms with Crippen molar-refractivity contribution in [2.75, 3.05) is 13.2 Å². The van der Waals surface area contributed by atoms with Crippen molar-refractivity contribution in [3.8, 4) is 0 Å². The smallest absolute Gasteiger partial charge is 0.224 e. The van der Waals surface area contributed by atoms with Gasteiger partial charge in [-0.2, -0.15) is 0 Å². The first-order valence-corrected chi connectivity index (χ1v) is 5.84. The molecule has 15 heavy (non-hydrogen) atoms. The van der Waals surface area contributed by atoms with Crippen LogP contribution in [-0.4, -0.2) is 40.6 Å². The highest BCUT2D eigenvalue weighted by molar-refractivity contribution is 5.78. The summed E-state index contributed by atoms with van der Waals surface area (Å²) < 4.78 is 0. The van der Waals surface area contributed by atoms with Crippen LogP contribution in [0.3, 0.4) is 0 Å². The average Bonchev–Trinajstić information content (AvgIpc) is 2.62. The first-order valence-electron chi connectivity index (χ1n) is 5.84. The number of hydrogen-bond acceptors (Lipinski definition) is 3. The molecule has 1 atom stereocenters. The quantitative estimate of drug-likeness (QED) is 0.704. The maximum atomic E-state index is 12.0. The Balaban J connectivity index is 1.89. The van der Waals surface area contributed by atoms with Crippen LogP contribution in [0.4, 0.5) is 0 Å². The molecule has 1 aliphatic carbocycles. The van der Waals surface area contributed by atoms with Gasteiger partial charge in [0, 0.05) is 18.5 Å². The molecule has 2 rings (SSSR count). The van der Waals surface area contributed by atoms with Crippen LogP contribution in [0.2, 0.25) is 0 Å². The molecule has 86 valence electrons. The fraction of sp³-hybridized carbons (Fsp3) is 0.909. The van der Waals surface area contributed by atoms with Crippen molar-refractivity contribution in [2.24, 2.45) is 5.73 Å². The Morgan fingerprint density at radius 2 is 2.20 bits per heavy atom.